The van der Waals surface area contributed by atoms with E-state index in [4.69, 9.17) is 0 Å². The van der Waals surface area contributed by atoms with E-state index in [0.717, 1.165) is 18.1 Å². The normalized spacial score (nSPS) is 10.2. The zero-order valence-corrected chi connectivity index (χ0v) is 9.50. The highest BCUT2D eigenvalue weighted by atomic mass is 32.2. The summed E-state index contributed by atoms with van der Waals surface area (Å²) in [5, 5.41) is 0. The van der Waals surface area contributed by atoms with Crippen LogP contribution in [0.2, 0.25) is 0 Å². The Morgan fingerprint density at radius 3 is 2.17 bits per heavy atom. The summed E-state index contributed by atoms with van der Waals surface area (Å²) in [6.07, 6.45) is 1.04. The third-order valence-corrected chi connectivity index (χ3v) is 2.51. The van der Waals surface area contributed by atoms with Crippen LogP contribution < -0.4 is 0 Å². The average Bonchev–Trinajstić information content (AvgIpc) is 1.95. The lowest BCUT2D eigenvalue weighted by atomic mass is 10.1. The molecule has 0 spiro atoms. The second-order valence-electron chi connectivity index (χ2n) is 3.86. The molecule has 0 nitrogen and oxygen atoms in total. The number of rotatable bonds is 4. The summed E-state index contributed by atoms with van der Waals surface area (Å²) in [4.78, 5) is 0. The largest absolute Gasteiger partial charge is 0.149 e. The van der Waals surface area contributed by atoms with E-state index in [1.807, 2.05) is 11.8 Å². The second-order valence-corrected chi connectivity index (χ2v) is 4.89. The monoisotopic (exact) mass is 184 g/mol. The minimum absolute atomic E-state index is 0.715. The van der Waals surface area contributed by atoms with Gasteiger partial charge in [-0.05, 0) is 17.6 Å². The molecule has 0 aromatic heterocycles. The highest BCUT2D eigenvalue weighted by molar-refractivity contribution is 7.99. The highest BCUT2D eigenvalue weighted by Crippen LogP contribution is 2.05. The van der Waals surface area contributed by atoms with Crippen LogP contribution in [-0.2, 0) is 0 Å². The lowest BCUT2D eigenvalue weighted by molar-refractivity contribution is 0.676. The fourth-order valence-electron chi connectivity index (χ4n) is 0.673. The number of thioether (sulfide) groups is 1. The van der Waals surface area contributed by atoms with Gasteiger partial charge in [-0.2, -0.15) is 0 Å². The van der Waals surface area contributed by atoms with Gasteiger partial charge in [-0.25, -0.2) is 0 Å². The summed E-state index contributed by atoms with van der Waals surface area (Å²) < 4.78 is 0. The zero-order valence-electron chi connectivity index (χ0n) is 8.68. The molecule has 1 heteroatoms. The Labute approximate surface area is 81.5 Å². The summed E-state index contributed by atoms with van der Waals surface area (Å²) in [5.74, 6) is 10.1. The summed E-state index contributed by atoms with van der Waals surface area (Å²) >= 11 is 1.94. The minimum Gasteiger partial charge on any atom is -0.149 e. The second kappa shape index (κ2) is 7.55. The molecule has 0 N–H and O–H groups in total. The lowest BCUT2D eigenvalue weighted by Gasteiger charge is -1.99. The molecule has 0 radical (unpaired) electrons. The van der Waals surface area contributed by atoms with Crippen molar-refractivity contribution >= 4 is 11.8 Å². The van der Waals surface area contributed by atoms with Crippen LogP contribution in [-0.4, -0.2) is 11.5 Å². The van der Waals surface area contributed by atoms with E-state index in [0.29, 0.717) is 5.92 Å². The summed E-state index contributed by atoms with van der Waals surface area (Å²) in [6.45, 7) is 8.90. The Kier molecular flexibility index (Phi) is 7.50. The maximum atomic E-state index is 3.19. The van der Waals surface area contributed by atoms with Crippen LogP contribution in [0.5, 0.6) is 0 Å². The van der Waals surface area contributed by atoms with Crippen molar-refractivity contribution in [3.63, 3.8) is 0 Å². The van der Waals surface area contributed by atoms with Crippen LogP contribution in [0.3, 0.4) is 0 Å². The van der Waals surface area contributed by atoms with Crippen molar-refractivity contribution in [2.75, 3.05) is 11.5 Å². The number of hydrogen-bond donors (Lipinski definition) is 0. The molecule has 0 atom stereocenters. The summed E-state index contributed by atoms with van der Waals surface area (Å²) in [6, 6.07) is 0. The van der Waals surface area contributed by atoms with Gasteiger partial charge in [0.2, 0.25) is 0 Å². The van der Waals surface area contributed by atoms with Crippen LogP contribution in [0, 0.1) is 23.7 Å². The Hall–Kier alpha value is -0.0900. The molecular weight excluding hydrogens is 164 g/mol. The maximum absolute atomic E-state index is 3.19. The first-order valence-corrected chi connectivity index (χ1v) is 5.82. The summed E-state index contributed by atoms with van der Waals surface area (Å²) in [7, 11) is 0. The molecule has 12 heavy (non-hydrogen) atoms. The van der Waals surface area contributed by atoms with Gasteiger partial charge in [-0.15, -0.1) is 17.7 Å². The van der Waals surface area contributed by atoms with Gasteiger partial charge in [0.25, 0.3) is 0 Å². The molecule has 0 aliphatic heterocycles. The van der Waals surface area contributed by atoms with Crippen molar-refractivity contribution in [2.24, 2.45) is 11.8 Å². The van der Waals surface area contributed by atoms with Gasteiger partial charge < -0.3 is 0 Å². The van der Waals surface area contributed by atoms with Gasteiger partial charge in [0.05, 0.1) is 5.75 Å². The Balaban J connectivity index is 3.22. The molecule has 0 saturated carbocycles. The van der Waals surface area contributed by atoms with Crippen LogP contribution in [0.25, 0.3) is 0 Å². The number of hydrogen-bond acceptors (Lipinski definition) is 1. The molecule has 0 unspecified atom stereocenters. The van der Waals surface area contributed by atoms with Crippen LogP contribution in [0.4, 0.5) is 0 Å². The van der Waals surface area contributed by atoms with Crippen molar-refractivity contribution in [3.05, 3.63) is 0 Å². The predicted octanol–water partition coefficient (Wildman–Crippen LogP) is 3.43. The topological polar surface area (TPSA) is 0 Å². The van der Waals surface area contributed by atoms with E-state index in [-0.39, 0.29) is 0 Å². The third kappa shape index (κ3) is 9.91. The van der Waals surface area contributed by atoms with Gasteiger partial charge >= 0.3 is 0 Å². The fourth-order valence-corrected chi connectivity index (χ4v) is 1.47. The van der Waals surface area contributed by atoms with Crippen LogP contribution in [0.15, 0.2) is 0 Å². The molecule has 0 fully saturated rings. The quantitative estimate of drug-likeness (QED) is 0.476. The van der Waals surface area contributed by atoms with E-state index in [2.05, 4.69) is 39.5 Å². The van der Waals surface area contributed by atoms with Gasteiger partial charge in [0.15, 0.2) is 0 Å². The molecule has 0 aromatic carbocycles. The molecule has 0 rings (SSSR count). The van der Waals surface area contributed by atoms with E-state index in [9.17, 15) is 0 Å². The Bertz CT molecular complexity index is 148. The first-order chi connectivity index (χ1) is 5.63. The van der Waals surface area contributed by atoms with Gasteiger partial charge in [0.1, 0.15) is 0 Å². The Morgan fingerprint density at radius 2 is 1.67 bits per heavy atom. The third-order valence-electron chi connectivity index (χ3n) is 1.26. The van der Waals surface area contributed by atoms with Crippen LogP contribution >= 0.6 is 11.8 Å². The van der Waals surface area contributed by atoms with E-state index in [1.54, 1.807) is 0 Å². The molecule has 0 heterocycles. The van der Waals surface area contributed by atoms with Gasteiger partial charge in [0, 0.05) is 6.42 Å². The highest BCUT2D eigenvalue weighted by Gasteiger charge is 1.91. The summed E-state index contributed by atoms with van der Waals surface area (Å²) in [5.41, 5.74) is 0. The maximum Gasteiger partial charge on any atom is 0.0547 e. The smallest absolute Gasteiger partial charge is 0.0547 e. The molecular formula is C11H20S. The van der Waals surface area contributed by atoms with Crippen molar-refractivity contribution in [1.29, 1.82) is 0 Å². The molecule has 70 valence electrons. The van der Waals surface area contributed by atoms with Gasteiger partial charge in [-0.1, -0.05) is 33.6 Å². The van der Waals surface area contributed by atoms with Crippen molar-refractivity contribution in [1.82, 2.24) is 0 Å². The van der Waals surface area contributed by atoms with Crippen molar-refractivity contribution in [2.45, 2.75) is 34.1 Å². The van der Waals surface area contributed by atoms with E-state index in [1.165, 1.54) is 5.75 Å². The molecule has 0 aromatic rings. The van der Waals surface area contributed by atoms with Crippen LogP contribution in [0.1, 0.15) is 34.1 Å². The fraction of sp³-hybridized carbons (Fsp3) is 0.818. The van der Waals surface area contributed by atoms with Gasteiger partial charge in [-0.3, -0.25) is 0 Å². The first-order valence-electron chi connectivity index (χ1n) is 4.66. The standard InChI is InChI=1S/C11H20S/c1-10(2)7-5-6-8-12-9-11(3)4/h10-11H,7-9H2,1-4H3. The van der Waals surface area contributed by atoms with E-state index >= 15 is 0 Å². The Morgan fingerprint density at radius 1 is 1.00 bits per heavy atom. The molecule has 0 amide bonds. The average molecular weight is 184 g/mol. The van der Waals surface area contributed by atoms with Crippen molar-refractivity contribution < 1.29 is 0 Å². The van der Waals surface area contributed by atoms with E-state index < -0.39 is 0 Å². The zero-order chi connectivity index (χ0) is 9.40. The SMILES string of the molecule is CC(C)CC#CCSCC(C)C. The molecule has 0 aliphatic rings. The first kappa shape index (κ1) is 11.9. The minimum atomic E-state index is 0.715. The predicted molar refractivity (Wildman–Crippen MR) is 59.4 cm³/mol. The van der Waals surface area contributed by atoms with Crippen molar-refractivity contribution in [3.8, 4) is 11.8 Å². The molecule has 0 aliphatic carbocycles. The molecule has 0 bridgehead atoms. The lowest BCUT2D eigenvalue weighted by Crippen LogP contribution is -1.90. The molecule has 0 saturated heterocycles.